The molecule has 0 unspecified atom stereocenters. The van der Waals surface area contributed by atoms with Crippen LogP contribution < -0.4 is 10.2 Å². The van der Waals surface area contributed by atoms with Crippen LogP contribution >= 0.6 is 11.6 Å². The molecule has 0 bridgehead atoms. The van der Waals surface area contributed by atoms with E-state index in [9.17, 15) is 14.4 Å². The number of hydrogen-bond acceptors (Lipinski definition) is 6. The lowest BCUT2D eigenvalue weighted by atomic mass is 10.2. The van der Waals surface area contributed by atoms with Crippen LogP contribution in [-0.4, -0.2) is 72.0 Å². The fraction of sp³-hybridized carbons (Fsp3) is 0.240. The fourth-order valence-corrected chi connectivity index (χ4v) is 4.21. The van der Waals surface area contributed by atoms with Crippen LogP contribution in [0, 0.1) is 0 Å². The van der Waals surface area contributed by atoms with Gasteiger partial charge >= 0.3 is 0 Å². The van der Waals surface area contributed by atoms with E-state index in [0.717, 1.165) is 16.2 Å². The van der Waals surface area contributed by atoms with Gasteiger partial charge in [0.2, 0.25) is 5.91 Å². The van der Waals surface area contributed by atoms with E-state index in [1.165, 1.54) is 6.08 Å². The summed E-state index contributed by atoms with van der Waals surface area (Å²) in [6.07, 6.45) is 4.63. The fourth-order valence-electron chi connectivity index (χ4n) is 3.91. The number of piperazine rings is 1. The SMILES string of the molecule is O=C(C=Cc1ccccc1)N1CCN(c2ccc(NC3=CC(=O)N(CCO)C3=O)cc2Cl)CC1. The van der Waals surface area contributed by atoms with E-state index in [1.54, 1.807) is 18.2 Å². The van der Waals surface area contributed by atoms with E-state index in [2.05, 4.69) is 10.2 Å². The predicted octanol–water partition coefficient (Wildman–Crippen LogP) is 2.36. The molecule has 0 spiro atoms. The van der Waals surface area contributed by atoms with Crippen LogP contribution in [-0.2, 0) is 14.4 Å². The molecule has 2 aliphatic heterocycles. The molecule has 2 aliphatic rings. The number of halogens is 1. The Labute approximate surface area is 202 Å². The van der Waals surface area contributed by atoms with Crippen molar-refractivity contribution in [3.05, 3.63) is 77.0 Å². The number of aliphatic hydroxyl groups is 1. The van der Waals surface area contributed by atoms with Crippen LogP contribution in [0.5, 0.6) is 0 Å². The molecule has 34 heavy (non-hydrogen) atoms. The highest BCUT2D eigenvalue weighted by Gasteiger charge is 2.30. The van der Waals surface area contributed by atoms with Gasteiger partial charge in [0.15, 0.2) is 0 Å². The normalized spacial score (nSPS) is 16.4. The first-order valence-electron chi connectivity index (χ1n) is 11.0. The number of hydrogen-bond donors (Lipinski definition) is 2. The number of amides is 3. The second-order valence-electron chi connectivity index (χ2n) is 7.92. The summed E-state index contributed by atoms with van der Waals surface area (Å²) in [6, 6.07) is 15.0. The van der Waals surface area contributed by atoms with Gasteiger partial charge < -0.3 is 20.2 Å². The highest BCUT2D eigenvalue weighted by Crippen LogP contribution is 2.30. The monoisotopic (exact) mass is 480 g/mol. The number of imide groups is 1. The molecule has 0 aliphatic carbocycles. The second kappa shape index (κ2) is 10.5. The molecule has 3 amide bonds. The summed E-state index contributed by atoms with van der Waals surface area (Å²) in [6.45, 7) is 2.12. The summed E-state index contributed by atoms with van der Waals surface area (Å²) >= 11 is 6.52. The van der Waals surface area contributed by atoms with E-state index in [-0.39, 0.29) is 24.8 Å². The van der Waals surface area contributed by atoms with E-state index < -0.39 is 11.8 Å². The van der Waals surface area contributed by atoms with E-state index in [4.69, 9.17) is 16.7 Å². The first kappa shape index (κ1) is 23.5. The van der Waals surface area contributed by atoms with Gasteiger partial charge in [0.25, 0.3) is 11.8 Å². The third-order valence-corrected chi connectivity index (χ3v) is 6.01. The number of nitrogens with one attached hydrogen (secondary N) is 1. The Morgan fingerprint density at radius 2 is 1.79 bits per heavy atom. The van der Waals surface area contributed by atoms with Gasteiger partial charge in [-0.2, -0.15) is 0 Å². The Hall–Kier alpha value is -3.62. The first-order chi connectivity index (χ1) is 16.5. The highest BCUT2D eigenvalue weighted by atomic mass is 35.5. The molecule has 176 valence electrons. The largest absolute Gasteiger partial charge is 0.395 e. The van der Waals surface area contributed by atoms with Crippen LogP contribution in [0.25, 0.3) is 6.08 Å². The molecule has 1 saturated heterocycles. The zero-order chi connectivity index (χ0) is 24.1. The van der Waals surface area contributed by atoms with Gasteiger partial charge in [-0.25, -0.2) is 0 Å². The quantitative estimate of drug-likeness (QED) is 0.467. The molecular weight excluding hydrogens is 456 g/mol. The zero-order valence-electron chi connectivity index (χ0n) is 18.5. The summed E-state index contributed by atoms with van der Waals surface area (Å²) in [5, 5.41) is 12.4. The van der Waals surface area contributed by atoms with Gasteiger partial charge in [0, 0.05) is 44.0 Å². The van der Waals surface area contributed by atoms with Gasteiger partial charge in [-0.1, -0.05) is 41.9 Å². The minimum atomic E-state index is -0.485. The summed E-state index contributed by atoms with van der Waals surface area (Å²) in [5.74, 6) is -0.968. The maximum atomic E-state index is 12.5. The van der Waals surface area contributed by atoms with Gasteiger partial charge in [-0.15, -0.1) is 0 Å². The number of nitrogens with zero attached hydrogens (tertiary/aromatic N) is 3. The molecule has 2 aromatic rings. The lowest BCUT2D eigenvalue weighted by Gasteiger charge is -2.36. The smallest absolute Gasteiger partial charge is 0.277 e. The van der Waals surface area contributed by atoms with Crippen molar-refractivity contribution in [2.45, 2.75) is 0 Å². The van der Waals surface area contributed by atoms with Crippen molar-refractivity contribution in [2.24, 2.45) is 0 Å². The standard InChI is InChI=1S/C25H25ClN4O4/c26-20-16-19(27-21-17-24(33)30(14-15-31)25(21)34)7-8-22(20)28-10-12-29(13-11-28)23(32)9-6-18-4-2-1-3-5-18/h1-9,16-17,27,31H,10-15H2. The molecule has 2 heterocycles. The third kappa shape index (κ3) is 5.30. The van der Waals surface area contributed by atoms with E-state index in [1.807, 2.05) is 47.4 Å². The molecular formula is C25H25ClN4O4. The number of carbonyl (C=O) groups is 3. The van der Waals surface area contributed by atoms with Crippen LogP contribution in [0.1, 0.15) is 5.56 Å². The van der Waals surface area contributed by atoms with Crippen molar-refractivity contribution in [3.8, 4) is 0 Å². The molecule has 0 radical (unpaired) electrons. The summed E-state index contributed by atoms with van der Waals surface area (Å²) < 4.78 is 0. The average molecular weight is 481 g/mol. The second-order valence-corrected chi connectivity index (χ2v) is 8.33. The molecule has 0 atom stereocenters. The molecule has 8 nitrogen and oxygen atoms in total. The molecule has 4 rings (SSSR count). The summed E-state index contributed by atoms with van der Waals surface area (Å²) in [4.78, 5) is 41.6. The number of carbonyl (C=O) groups excluding carboxylic acids is 3. The van der Waals surface area contributed by atoms with Crippen LogP contribution in [0.4, 0.5) is 11.4 Å². The molecule has 9 heteroatoms. The Bertz CT molecular complexity index is 1140. The van der Waals surface area contributed by atoms with E-state index in [0.29, 0.717) is 36.9 Å². The highest BCUT2D eigenvalue weighted by molar-refractivity contribution is 6.33. The first-order valence-corrected chi connectivity index (χ1v) is 11.4. The number of aliphatic hydroxyl groups excluding tert-OH is 1. The number of benzene rings is 2. The lowest BCUT2D eigenvalue weighted by Crippen LogP contribution is -2.48. The van der Waals surface area contributed by atoms with Gasteiger partial charge in [-0.3, -0.25) is 19.3 Å². The van der Waals surface area contributed by atoms with Crippen molar-refractivity contribution >= 4 is 46.8 Å². The molecule has 0 saturated carbocycles. The summed E-state index contributed by atoms with van der Waals surface area (Å²) in [5.41, 5.74) is 2.53. The van der Waals surface area contributed by atoms with Crippen molar-refractivity contribution in [1.82, 2.24) is 9.80 Å². The number of β-amino-alcohol motifs (C(OH)–C–C–N with tert-alkyl or cyclic N) is 1. The van der Waals surface area contributed by atoms with Gasteiger partial charge in [0.1, 0.15) is 5.70 Å². The zero-order valence-corrected chi connectivity index (χ0v) is 19.2. The Balaban J connectivity index is 1.34. The predicted molar refractivity (Wildman–Crippen MR) is 131 cm³/mol. The Kier molecular flexibility index (Phi) is 7.30. The lowest BCUT2D eigenvalue weighted by molar-refractivity contribution is -0.137. The van der Waals surface area contributed by atoms with Gasteiger partial charge in [0.05, 0.1) is 23.9 Å². The molecule has 0 aromatic heterocycles. The van der Waals surface area contributed by atoms with Crippen LogP contribution in [0.2, 0.25) is 5.02 Å². The number of rotatable bonds is 7. The Morgan fingerprint density at radius 3 is 2.47 bits per heavy atom. The topological polar surface area (TPSA) is 93.2 Å². The maximum Gasteiger partial charge on any atom is 0.277 e. The minimum Gasteiger partial charge on any atom is -0.395 e. The minimum absolute atomic E-state index is 0.0200. The van der Waals surface area contributed by atoms with Crippen LogP contribution in [0.3, 0.4) is 0 Å². The molecule has 2 aromatic carbocycles. The van der Waals surface area contributed by atoms with Crippen molar-refractivity contribution < 1.29 is 19.5 Å². The van der Waals surface area contributed by atoms with Crippen LogP contribution in [0.15, 0.2) is 66.4 Å². The number of anilines is 2. The summed E-state index contributed by atoms with van der Waals surface area (Å²) in [7, 11) is 0. The molecule has 1 fully saturated rings. The maximum absolute atomic E-state index is 12.5. The van der Waals surface area contributed by atoms with Crippen molar-refractivity contribution in [2.75, 3.05) is 49.5 Å². The van der Waals surface area contributed by atoms with Crippen molar-refractivity contribution in [1.29, 1.82) is 0 Å². The average Bonchev–Trinajstić information content (AvgIpc) is 3.11. The third-order valence-electron chi connectivity index (χ3n) is 5.71. The van der Waals surface area contributed by atoms with Gasteiger partial charge in [-0.05, 0) is 29.8 Å². The Morgan fingerprint density at radius 1 is 1.06 bits per heavy atom. The van der Waals surface area contributed by atoms with E-state index >= 15 is 0 Å². The van der Waals surface area contributed by atoms with Crippen molar-refractivity contribution in [3.63, 3.8) is 0 Å². The molecule has 2 N–H and O–H groups in total.